The lowest BCUT2D eigenvalue weighted by molar-refractivity contribution is -0.132. The highest BCUT2D eigenvalue weighted by Crippen LogP contribution is 2.43. The van der Waals surface area contributed by atoms with Crippen molar-refractivity contribution in [2.24, 2.45) is 0 Å². The lowest BCUT2D eigenvalue weighted by Gasteiger charge is -2.26. The number of likely N-dealkylation sites (N-methyl/N-ethyl adjacent to an activating group) is 1. The monoisotopic (exact) mass is 294 g/mol. The van der Waals surface area contributed by atoms with Gasteiger partial charge in [0.2, 0.25) is 5.91 Å². The Labute approximate surface area is 132 Å². The minimum atomic E-state index is -0.534. The first kappa shape index (κ1) is 14.8. The van der Waals surface area contributed by atoms with Gasteiger partial charge in [0.05, 0.1) is 11.1 Å². The van der Waals surface area contributed by atoms with Gasteiger partial charge in [-0.15, -0.1) is 0 Å². The average Bonchev–Trinajstić information content (AvgIpc) is 2.69. The van der Waals surface area contributed by atoms with Gasteiger partial charge in [-0.25, -0.2) is 0 Å². The van der Waals surface area contributed by atoms with Gasteiger partial charge in [0.25, 0.3) is 0 Å². The number of rotatable bonds is 2. The maximum absolute atomic E-state index is 12.7. The number of nitrogens with zero attached hydrogens (tertiary/aromatic N) is 2. The van der Waals surface area contributed by atoms with Crippen molar-refractivity contribution in [2.45, 2.75) is 38.1 Å². The van der Waals surface area contributed by atoms with E-state index >= 15 is 0 Å². The van der Waals surface area contributed by atoms with Crippen molar-refractivity contribution < 1.29 is 4.79 Å². The highest BCUT2D eigenvalue weighted by Gasteiger charge is 2.52. The summed E-state index contributed by atoms with van der Waals surface area (Å²) in [6.07, 6.45) is 2.65. The second-order valence-electron chi connectivity index (χ2n) is 6.98. The van der Waals surface area contributed by atoms with Gasteiger partial charge in [0.1, 0.15) is 0 Å². The number of amides is 1. The molecular formula is C19H22N2O. The van der Waals surface area contributed by atoms with E-state index in [2.05, 4.69) is 37.0 Å². The van der Waals surface area contributed by atoms with Crippen LogP contribution in [0, 0.1) is 0 Å². The summed E-state index contributed by atoms with van der Waals surface area (Å²) in [6, 6.07) is 14.2. The van der Waals surface area contributed by atoms with Gasteiger partial charge < -0.3 is 4.90 Å². The number of hydrogen-bond donors (Lipinski definition) is 0. The fourth-order valence-corrected chi connectivity index (χ4v) is 3.43. The van der Waals surface area contributed by atoms with Gasteiger partial charge in [-0.1, -0.05) is 36.4 Å². The molecule has 1 unspecified atom stereocenters. The Bertz CT molecular complexity index is 691. The number of pyridine rings is 1. The second-order valence-corrected chi connectivity index (χ2v) is 6.98. The lowest BCUT2D eigenvalue weighted by Crippen LogP contribution is -2.38. The summed E-state index contributed by atoms with van der Waals surface area (Å²) in [6.45, 7) is 6.22. The third-order valence-corrected chi connectivity index (χ3v) is 4.91. The Morgan fingerprint density at radius 3 is 2.18 bits per heavy atom. The third-order valence-electron chi connectivity index (χ3n) is 4.91. The minimum Gasteiger partial charge on any atom is -0.340 e. The molecule has 0 N–H and O–H groups in total. The maximum Gasteiger partial charge on any atom is 0.234 e. The second kappa shape index (κ2) is 4.94. The molecule has 1 amide bonds. The Morgan fingerprint density at radius 1 is 1.00 bits per heavy atom. The molecule has 3 rings (SSSR count). The van der Waals surface area contributed by atoms with Gasteiger partial charge >= 0.3 is 0 Å². The summed E-state index contributed by atoms with van der Waals surface area (Å²) in [4.78, 5) is 19.1. The Hall–Kier alpha value is -2.16. The molecule has 1 aromatic heterocycles. The van der Waals surface area contributed by atoms with Gasteiger partial charge in [0.15, 0.2) is 0 Å². The molecule has 2 heterocycles. The van der Waals surface area contributed by atoms with Crippen LogP contribution in [0.25, 0.3) is 11.1 Å². The number of likely N-dealkylation sites (tertiary alicyclic amines) is 1. The fraction of sp³-hybridized carbons (Fsp3) is 0.368. The van der Waals surface area contributed by atoms with E-state index in [0.29, 0.717) is 0 Å². The van der Waals surface area contributed by atoms with Gasteiger partial charge in [-0.05, 0) is 38.8 Å². The molecule has 1 saturated heterocycles. The van der Waals surface area contributed by atoms with Crippen LogP contribution in [0.2, 0.25) is 0 Å². The molecule has 3 nitrogen and oxygen atoms in total. The first-order chi connectivity index (χ1) is 10.3. The summed E-state index contributed by atoms with van der Waals surface area (Å²) in [5.74, 6) is 0.150. The average molecular weight is 294 g/mol. The van der Waals surface area contributed by atoms with Crippen LogP contribution in [-0.4, -0.2) is 28.4 Å². The molecular weight excluding hydrogens is 272 g/mol. The van der Waals surface area contributed by atoms with Crippen molar-refractivity contribution >= 4 is 5.91 Å². The van der Waals surface area contributed by atoms with Crippen molar-refractivity contribution in [3.8, 4) is 11.1 Å². The third kappa shape index (κ3) is 2.21. The van der Waals surface area contributed by atoms with Crippen molar-refractivity contribution in [1.82, 2.24) is 9.88 Å². The first-order valence-corrected chi connectivity index (χ1v) is 7.65. The molecule has 0 bridgehead atoms. The Morgan fingerprint density at radius 2 is 1.68 bits per heavy atom. The molecule has 1 aromatic carbocycles. The molecule has 3 heteroatoms. The number of hydrogen-bond acceptors (Lipinski definition) is 2. The standard InChI is InChI=1S/C19H22N2O/c1-18(2)13-19(3,17(22)21(18)4)16-11-10-15(12-20-16)14-8-6-5-7-9-14/h5-12H,13H2,1-4H3. The summed E-state index contributed by atoms with van der Waals surface area (Å²) >= 11 is 0. The zero-order chi connectivity index (χ0) is 16.0. The Kier molecular flexibility index (Phi) is 3.32. The quantitative estimate of drug-likeness (QED) is 0.847. The van der Waals surface area contributed by atoms with Crippen LogP contribution in [0.3, 0.4) is 0 Å². The summed E-state index contributed by atoms with van der Waals surface area (Å²) < 4.78 is 0. The molecule has 1 atom stereocenters. The van der Waals surface area contributed by atoms with Crippen LogP contribution in [-0.2, 0) is 10.2 Å². The normalized spacial score (nSPS) is 23.8. The molecule has 0 saturated carbocycles. The predicted molar refractivity (Wildman–Crippen MR) is 88.5 cm³/mol. The highest BCUT2D eigenvalue weighted by molar-refractivity contribution is 5.90. The number of carbonyl (C=O) groups excluding carboxylic acids is 1. The van der Waals surface area contributed by atoms with Crippen molar-refractivity contribution in [3.63, 3.8) is 0 Å². The predicted octanol–water partition coefficient (Wildman–Crippen LogP) is 3.65. The zero-order valence-corrected chi connectivity index (χ0v) is 13.6. The number of carbonyl (C=O) groups is 1. The van der Waals surface area contributed by atoms with E-state index in [1.54, 1.807) is 0 Å². The van der Waals surface area contributed by atoms with Crippen LogP contribution in [0.4, 0.5) is 0 Å². The van der Waals surface area contributed by atoms with Crippen LogP contribution in [0.1, 0.15) is 32.9 Å². The molecule has 22 heavy (non-hydrogen) atoms. The van der Waals surface area contributed by atoms with Crippen LogP contribution >= 0.6 is 0 Å². The molecule has 114 valence electrons. The molecule has 1 aliphatic rings. The largest absolute Gasteiger partial charge is 0.340 e. The number of benzene rings is 1. The smallest absolute Gasteiger partial charge is 0.234 e. The minimum absolute atomic E-state index is 0.133. The van der Waals surface area contributed by atoms with Crippen molar-refractivity contribution in [1.29, 1.82) is 0 Å². The number of aromatic nitrogens is 1. The van der Waals surface area contributed by atoms with Gasteiger partial charge in [-0.3, -0.25) is 9.78 Å². The van der Waals surface area contributed by atoms with E-state index in [1.165, 1.54) is 0 Å². The molecule has 0 aliphatic carbocycles. The fourth-order valence-electron chi connectivity index (χ4n) is 3.43. The molecule has 1 aliphatic heterocycles. The molecule has 0 radical (unpaired) electrons. The van der Waals surface area contributed by atoms with Gasteiger partial charge in [-0.2, -0.15) is 0 Å². The molecule has 0 spiro atoms. The maximum atomic E-state index is 12.7. The van der Waals surface area contributed by atoms with E-state index in [-0.39, 0.29) is 11.4 Å². The van der Waals surface area contributed by atoms with Gasteiger partial charge in [0, 0.05) is 24.3 Å². The van der Waals surface area contributed by atoms with Crippen molar-refractivity contribution in [3.05, 3.63) is 54.4 Å². The topological polar surface area (TPSA) is 33.2 Å². The summed E-state index contributed by atoms with van der Waals surface area (Å²) in [7, 11) is 1.88. The first-order valence-electron chi connectivity index (χ1n) is 7.65. The SMILES string of the molecule is CN1C(=O)C(C)(c2ccc(-c3ccccc3)cn2)CC1(C)C. The molecule has 2 aromatic rings. The van der Waals surface area contributed by atoms with Crippen LogP contribution in [0.5, 0.6) is 0 Å². The van der Waals surface area contributed by atoms with Crippen LogP contribution < -0.4 is 0 Å². The molecule has 1 fully saturated rings. The summed E-state index contributed by atoms with van der Waals surface area (Å²) in [5.41, 5.74) is 2.40. The van der Waals surface area contributed by atoms with E-state index in [4.69, 9.17) is 0 Å². The van der Waals surface area contributed by atoms with E-state index < -0.39 is 5.41 Å². The van der Waals surface area contributed by atoms with E-state index in [9.17, 15) is 4.79 Å². The van der Waals surface area contributed by atoms with E-state index in [0.717, 1.165) is 23.2 Å². The summed E-state index contributed by atoms with van der Waals surface area (Å²) in [5, 5.41) is 0. The zero-order valence-electron chi connectivity index (χ0n) is 13.6. The highest BCUT2D eigenvalue weighted by atomic mass is 16.2. The van der Waals surface area contributed by atoms with Crippen LogP contribution in [0.15, 0.2) is 48.7 Å². The lowest BCUT2D eigenvalue weighted by atomic mass is 9.80. The van der Waals surface area contributed by atoms with E-state index in [1.807, 2.05) is 49.3 Å². The Balaban J connectivity index is 1.95. The van der Waals surface area contributed by atoms with Crippen molar-refractivity contribution in [2.75, 3.05) is 7.05 Å².